The molecule has 7 heteroatoms. The van der Waals surface area contributed by atoms with E-state index >= 15 is 0 Å². The van der Waals surface area contributed by atoms with E-state index in [-0.39, 0.29) is 18.3 Å². The summed E-state index contributed by atoms with van der Waals surface area (Å²) in [5.74, 6) is 0.102. The van der Waals surface area contributed by atoms with E-state index in [1.807, 2.05) is 7.05 Å². The molecule has 0 bridgehead atoms. The SMILES string of the molecule is CNCCCNC(=O)CCOc1ccc(C(N)=O)cc1.Cl. The zero-order valence-corrected chi connectivity index (χ0v) is 12.9. The number of carbonyl (C=O) groups is 2. The van der Waals surface area contributed by atoms with Crippen LogP contribution in [0.15, 0.2) is 24.3 Å². The minimum absolute atomic E-state index is 0. The second-order valence-corrected chi connectivity index (χ2v) is 4.29. The summed E-state index contributed by atoms with van der Waals surface area (Å²) in [6, 6.07) is 6.50. The largest absolute Gasteiger partial charge is 0.493 e. The summed E-state index contributed by atoms with van der Waals surface area (Å²) in [4.78, 5) is 22.4. The number of hydrogen-bond acceptors (Lipinski definition) is 4. The first-order valence-electron chi connectivity index (χ1n) is 6.57. The van der Waals surface area contributed by atoms with Gasteiger partial charge in [-0.25, -0.2) is 0 Å². The van der Waals surface area contributed by atoms with Crippen LogP contribution in [0.4, 0.5) is 0 Å². The van der Waals surface area contributed by atoms with Crippen LogP contribution in [0.5, 0.6) is 5.75 Å². The van der Waals surface area contributed by atoms with Gasteiger partial charge in [-0.2, -0.15) is 0 Å². The summed E-state index contributed by atoms with van der Waals surface area (Å²) in [6.07, 6.45) is 1.20. The average molecular weight is 316 g/mol. The summed E-state index contributed by atoms with van der Waals surface area (Å²) in [6.45, 7) is 1.84. The Morgan fingerprint density at radius 1 is 1.19 bits per heavy atom. The lowest BCUT2D eigenvalue weighted by molar-refractivity contribution is -0.121. The Hall–Kier alpha value is -1.79. The van der Waals surface area contributed by atoms with Crippen LogP contribution in [0.25, 0.3) is 0 Å². The van der Waals surface area contributed by atoms with Gasteiger partial charge in [0.1, 0.15) is 5.75 Å². The fourth-order valence-electron chi connectivity index (χ4n) is 1.56. The van der Waals surface area contributed by atoms with Gasteiger partial charge in [-0.3, -0.25) is 9.59 Å². The number of primary amides is 1. The molecule has 0 aliphatic carbocycles. The second-order valence-electron chi connectivity index (χ2n) is 4.29. The third-order valence-electron chi connectivity index (χ3n) is 2.66. The highest BCUT2D eigenvalue weighted by Gasteiger charge is 2.03. The maximum atomic E-state index is 11.5. The van der Waals surface area contributed by atoms with Crippen LogP contribution in [-0.2, 0) is 4.79 Å². The Bertz CT molecular complexity index is 438. The molecule has 0 saturated heterocycles. The highest BCUT2D eigenvalue weighted by atomic mass is 35.5. The number of carbonyl (C=O) groups excluding carboxylic acids is 2. The van der Waals surface area contributed by atoms with Crippen LogP contribution in [0, 0.1) is 0 Å². The fourth-order valence-corrected chi connectivity index (χ4v) is 1.56. The first kappa shape index (κ1) is 19.2. The molecule has 0 radical (unpaired) electrons. The monoisotopic (exact) mass is 315 g/mol. The summed E-state index contributed by atoms with van der Waals surface area (Å²) < 4.78 is 5.41. The topological polar surface area (TPSA) is 93.4 Å². The minimum atomic E-state index is -0.475. The van der Waals surface area contributed by atoms with Crippen LogP contribution >= 0.6 is 12.4 Å². The van der Waals surface area contributed by atoms with E-state index in [4.69, 9.17) is 10.5 Å². The highest BCUT2D eigenvalue weighted by Crippen LogP contribution is 2.11. The van der Waals surface area contributed by atoms with Crippen molar-refractivity contribution in [3.8, 4) is 5.75 Å². The van der Waals surface area contributed by atoms with E-state index in [0.717, 1.165) is 13.0 Å². The normalized spacial score (nSPS) is 9.57. The molecule has 0 saturated carbocycles. The highest BCUT2D eigenvalue weighted by molar-refractivity contribution is 5.92. The van der Waals surface area contributed by atoms with Crippen molar-refractivity contribution in [2.75, 3.05) is 26.7 Å². The predicted octanol–water partition coefficient (Wildman–Crippen LogP) is 0.702. The van der Waals surface area contributed by atoms with E-state index in [2.05, 4.69) is 10.6 Å². The van der Waals surface area contributed by atoms with Crippen LogP contribution in [0.3, 0.4) is 0 Å². The molecule has 6 nitrogen and oxygen atoms in total. The molecule has 0 aliphatic heterocycles. The Kier molecular flexibility index (Phi) is 10.0. The summed E-state index contributed by atoms with van der Waals surface area (Å²) in [5, 5.41) is 5.82. The smallest absolute Gasteiger partial charge is 0.248 e. The van der Waals surface area contributed by atoms with Crippen molar-refractivity contribution in [1.29, 1.82) is 0 Å². The van der Waals surface area contributed by atoms with Gasteiger partial charge >= 0.3 is 0 Å². The first-order chi connectivity index (χ1) is 9.63. The predicted molar refractivity (Wildman–Crippen MR) is 83.9 cm³/mol. The molecule has 0 atom stereocenters. The molecule has 21 heavy (non-hydrogen) atoms. The first-order valence-corrected chi connectivity index (χ1v) is 6.57. The van der Waals surface area contributed by atoms with Gasteiger partial charge in [0.05, 0.1) is 13.0 Å². The van der Waals surface area contributed by atoms with E-state index < -0.39 is 5.91 Å². The molecule has 0 aliphatic rings. The lowest BCUT2D eigenvalue weighted by atomic mass is 10.2. The van der Waals surface area contributed by atoms with Gasteiger partial charge in [0.25, 0.3) is 0 Å². The van der Waals surface area contributed by atoms with Gasteiger partial charge in [-0.15, -0.1) is 12.4 Å². The van der Waals surface area contributed by atoms with Gasteiger partial charge in [-0.1, -0.05) is 0 Å². The molecule has 2 amide bonds. The Balaban J connectivity index is 0.00000400. The molecule has 1 aromatic carbocycles. The van der Waals surface area contributed by atoms with Crippen LogP contribution < -0.4 is 21.1 Å². The summed E-state index contributed by atoms with van der Waals surface area (Å²) in [5.41, 5.74) is 5.56. The molecule has 0 fully saturated rings. The van der Waals surface area contributed by atoms with Gasteiger partial charge in [0.15, 0.2) is 0 Å². The molecular formula is C14H22ClN3O3. The van der Waals surface area contributed by atoms with E-state index in [9.17, 15) is 9.59 Å². The molecule has 1 aromatic rings. The van der Waals surface area contributed by atoms with Crippen molar-refractivity contribution < 1.29 is 14.3 Å². The van der Waals surface area contributed by atoms with E-state index in [1.54, 1.807) is 24.3 Å². The number of halogens is 1. The molecule has 1 rings (SSSR count). The van der Waals surface area contributed by atoms with Crippen molar-refractivity contribution in [2.45, 2.75) is 12.8 Å². The van der Waals surface area contributed by atoms with Crippen molar-refractivity contribution in [2.24, 2.45) is 5.73 Å². The lowest BCUT2D eigenvalue weighted by Gasteiger charge is -2.07. The Morgan fingerprint density at radius 3 is 2.43 bits per heavy atom. The quantitative estimate of drug-likeness (QED) is 0.585. The zero-order chi connectivity index (χ0) is 14.8. The molecule has 0 unspecified atom stereocenters. The standard InChI is InChI=1S/C14H21N3O3.ClH/c1-16-8-2-9-17-13(18)7-10-20-12-5-3-11(4-6-12)14(15)19;/h3-6,16H,2,7-10H2,1H3,(H2,15,19)(H,17,18);1H. The third-order valence-corrected chi connectivity index (χ3v) is 2.66. The number of ether oxygens (including phenoxy) is 1. The number of nitrogens with two attached hydrogens (primary N) is 1. The Labute approximate surface area is 130 Å². The number of nitrogens with one attached hydrogen (secondary N) is 2. The van der Waals surface area contributed by atoms with Gasteiger partial charge in [0.2, 0.25) is 11.8 Å². The van der Waals surface area contributed by atoms with Crippen molar-refractivity contribution in [3.63, 3.8) is 0 Å². The van der Waals surface area contributed by atoms with Crippen LogP contribution in [0.2, 0.25) is 0 Å². The number of amides is 2. The maximum Gasteiger partial charge on any atom is 0.248 e. The van der Waals surface area contributed by atoms with E-state index in [0.29, 0.717) is 30.9 Å². The molecule has 0 heterocycles. The second kappa shape index (κ2) is 10.9. The molecule has 0 spiro atoms. The number of rotatable bonds is 9. The summed E-state index contributed by atoms with van der Waals surface area (Å²) in [7, 11) is 1.87. The van der Waals surface area contributed by atoms with Crippen molar-refractivity contribution in [3.05, 3.63) is 29.8 Å². The molecular weight excluding hydrogens is 294 g/mol. The Morgan fingerprint density at radius 2 is 1.86 bits per heavy atom. The lowest BCUT2D eigenvalue weighted by Crippen LogP contribution is -2.27. The van der Waals surface area contributed by atoms with E-state index in [1.165, 1.54) is 0 Å². The molecule has 118 valence electrons. The zero-order valence-electron chi connectivity index (χ0n) is 12.1. The van der Waals surface area contributed by atoms with Crippen molar-refractivity contribution >= 4 is 24.2 Å². The minimum Gasteiger partial charge on any atom is -0.493 e. The fraction of sp³-hybridized carbons (Fsp3) is 0.429. The number of benzene rings is 1. The molecule has 0 aromatic heterocycles. The van der Waals surface area contributed by atoms with Gasteiger partial charge in [0, 0.05) is 12.1 Å². The van der Waals surface area contributed by atoms with Crippen LogP contribution in [0.1, 0.15) is 23.2 Å². The van der Waals surface area contributed by atoms with Gasteiger partial charge in [-0.05, 0) is 44.3 Å². The third kappa shape index (κ3) is 8.16. The number of hydrogen-bond donors (Lipinski definition) is 3. The van der Waals surface area contributed by atoms with Crippen LogP contribution in [-0.4, -0.2) is 38.6 Å². The average Bonchev–Trinajstić information content (AvgIpc) is 2.44. The maximum absolute atomic E-state index is 11.5. The molecule has 4 N–H and O–H groups in total. The summed E-state index contributed by atoms with van der Waals surface area (Å²) >= 11 is 0. The van der Waals surface area contributed by atoms with Gasteiger partial charge < -0.3 is 21.1 Å². The van der Waals surface area contributed by atoms with Crippen molar-refractivity contribution in [1.82, 2.24) is 10.6 Å².